The van der Waals surface area contributed by atoms with Crippen LogP contribution in [0.4, 0.5) is 0 Å². The molecule has 2 aromatic carbocycles. The molecule has 0 saturated carbocycles. The van der Waals surface area contributed by atoms with Crippen LogP contribution in [0, 0.1) is 0 Å². The fourth-order valence-corrected chi connectivity index (χ4v) is 3.00. The van der Waals surface area contributed by atoms with Crippen LogP contribution in [0.15, 0.2) is 60.7 Å². The first-order valence-corrected chi connectivity index (χ1v) is 8.64. The number of rotatable bonds is 6. The van der Waals surface area contributed by atoms with Gasteiger partial charge >= 0.3 is 0 Å². The molecular formula is C21H26O3. The van der Waals surface area contributed by atoms with Crippen molar-refractivity contribution in [3.05, 3.63) is 71.8 Å². The summed E-state index contributed by atoms with van der Waals surface area (Å²) >= 11 is 0. The van der Waals surface area contributed by atoms with E-state index in [-0.39, 0.29) is 12.2 Å². The molecule has 0 aliphatic carbocycles. The highest BCUT2D eigenvalue weighted by Gasteiger charge is 2.36. The molecule has 0 aromatic heterocycles. The molecule has 0 N–H and O–H groups in total. The zero-order valence-corrected chi connectivity index (χ0v) is 14.5. The molecule has 2 aromatic rings. The van der Waals surface area contributed by atoms with Crippen molar-refractivity contribution in [2.75, 3.05) is 6.61 Å². The fourth-order valence-electron chi connectivity index (χ4n) is 3.00. The lowest BCUT2D eigenvalue weighted by atomic mass is 10.0. The minimum absolute atomic E-state index is 0.0395. The van der Waals surface area contributed by atoms with Gasteiger partial charge in [-0.05, 0) is 37.8 Å². The predicted octanol–water partition coefficient (Wildman–Crippen LogP) is 4.36. The molecule has 3 nitrogen and oxygen atoms in total. The van der Waals surface area contributed by atoms with Gasteiger partial charge in [0.05, 0.1) is 19.3 Å². The largest absolute Gasteiger partial charge is 0.368 e. The number of hydrogen-bond donors (Lipinski definition) is 0. The third kappa shape index (κ3) is 4.91. The highest BCUT2D eigenvalue weighted by molar-refractivity contribution is 5.15. The third-order valence-electron chi connectivity index (χ3n) is 4.31. The van der Waals surface area contributed by atoms with Gasteiger partial charge in [-0.15, -0.1) is 0 Å². The van der Waals surface area contributed by atoms with Crippen LogP contribution in [0.25, 0.3) is 0 Å². The van der Waals surface area contributed by atoms with Crippen LogP contribution in [-0.4, -0.2) is 24.6 Å². The maximum Gasteiger partial charge on any atom is 0.163 e. The summed E-state index contributed by atoms with van der Waals surface area (Å²) in [7, 11) is 0. The molecule has 1 aliphatic heterocycles. The summed E-state index contributed by atoms with van der Waals surface area (Å²) in [5.41, 5.74) is 2.50. The Morgan fingerprint density at radius 1 is 0.958 bits per heavy atom. The van der Waals surface area contributed by atoms with E-state index in [1.807, 2.05) is 38.1 Å². The Balaban J connectivity index is 1.60. The predicted molar refractivity (Wildman–Crippen MR) is 94.7 cm³/mol. The average Bonchev–Trinajstić information content (AvgIpc) is 2.60. The van der Waals surface area contributed by atoms with Crippen LogP contribution in [0.2, 0.25) is 0 Å². The molecule has 24 heavy (non-hydrogen) atoms. The first-order chi connectivity index (χ1) is 11.6. The van der Waals surface area contributed by atoms with Crippen molar-refractivity contribution in [1.82, 2.24) is 0 Å². The molecule has 1 saturated heterocycles. The summed E-state index contributed by atoms with van der Waals surface area (Å²) in [4.78, 5) is 0. The third-order valence-corrected chi connectivity index (χ3v) is 4.31. The summed E-state index contributed by atoms with van der Waals surface area (Å²) in [6, 6.07) is 20.7. The molecule has 0 bridgehead atoms. The van der Waals surface area contributed by atoms with Gasteiger partial charge in [0.1, 0.15) is 6.10 Å². The Hall–Kier alpha value is -1.68. The van der Waals surface area contributed by atoms with Crippen LogP contribution >= 0.6 is 0 Å². The summed E-state index contributed by atoms with van der Waals surface area (Å²) in [6.07, 6.45) is 1.91. The molecular weight excluding hydrogens is 300 g/mol. The number of benzene rings is 2. The topological polar surface area (TPSA) is 27.7 Å². The maximum absolute atomic E-state index is 6.15. The number of ether oxygens (including phenoxy) is 3. The highest BCUT2D eigenvalue weighted by Crippen LogP contribution is 2.27. The maximum atomic E-state index is 6.15. The van der Waals surface area contributed by atoms with E-state index in [4.69, 9.17) is 14.2 Å². The lowest BCUT2D eigenvalue weighted by Crippen LogP contribution is -2.49. The van der Waals surface area contributed by atoms with Crippen molar-refractivity contribution in [2.45, 2.75) is 51.3 Å². The van der Waals surface area contributed by atoms with E-state index >= 15 is 0 Å². The Morgan fingerprint density at radius 2 is 1.58 bits per heavy atom. The first kappa shape index (κ1) is 17.2. The molecule has 0 radical (unpaired) electrons. The Labute approximate surface area is 144 Å². The van der Waals surface area contributed by atoms with Crippen molar-refractivity contribution < 1.29 is 14.2 Å². The van der Waals surface area contributed by atoms with Gasteiger partial charge in [0.25, 0.3) is 0 Å². The second kappa shape index (κ2) is 7.93. The Morgan fingerprint density at radius 3 is 2.25 bits per heavy atom. The zero-order chi connectivity index (χ0) is 16.8. The van der Waals surface area contributed by atoms with E-state index in [1.54, 1.807) is 0 Å². The minimum Gasteiger partial charge on any atom is -0.368 e. The van der Waals surface area contributed by atoms with Gasteiger partial charge in [-0.3, -0.25) is 0 Å². The van der Waals surface area contributed by atoms with Crippen LogP contribution in [-0.2, 0) is 27.2 Å². The quantitative estimate of drug-likeness (QED) is 0.789. The van der Waals surface area contributed by atoms with Crippen molar-refractivity contribution in [2.24, 2.45) is 0 Å². The minimum atomic E-state index is -0.548. The van der Waals surface area contributed by atoms with Crippen LogP contribution in [0.1, 0.15) is 31.4 Å². The molecule has 1 heterocycles. The molecule has 1 fully saturated rings. The molecule has 0 spiro atoms. The fraction of sp³-hybridized carbons (Fsp3) is 0.429. The van der Waals surface area contributed by atoms with Gasteiger partial charge in [-0.1, -0.05) is 60.7 Å². The van der Waals surface area contributed by atoms with Gasteiger partial charge in [0.15, 0.2) is 5.79 Å². The monoisotopic (exact) mass is 326 g/mol. The van der Waals surface area contributed by atoms with E-state index in [9.17, 15) is 0 Å². The smallest absolute Gasteiger partial charge is 0.163 e. The molecule has 3 heteroatoms. The van der Waals surface area contributed by atoms with Crippen molar-refractivity contribution in [1.29, 1.82) is 0 Å². The molecule has 128 valence electrons. The summed E-state index contributed by atoms with van der Waals surface area (Å²) in [6.45, 7) is 5.09. The van der Waals surface area contributed by atoms with Crippen LogP contribution < -0.4 is 0 Å². The van der Waals surface area contributed by atoms with Gasteiger partial charge in [0, 0.05) is 0 Å². The van der Waals surface area contributed by atoms with E-state index in [0.29, 0.717) is 13.2 Å². The average molecular weight is 326 g/mol. The summed E-state index contributed by atoms with van der Waals surface area (Å²) in [5, 5.41) is 0. The highest BCUT2D eigenvalue weighted by atomic mass is 16.7. The Kier molecular flexibility index (Phi) is 5.67. The van der Waals surface area contributed by atoms with Crippen LogP contribution in [0.3, 0.4) is 0 Å². The number of aryl methyl sites for hydroxylation is 1. The Bertz CT molecular complexity index is 609. The lowest BCUT2D eigenvalue weighted by molar-refractivity contribution is -0.312. The van der Waals surface area contributed by atoms with Gasteiger partial charge < -0.3 is 14.2 Å². The van der Waals surface area contributed by atoms with Crippen LogP contribution in [0.5, 0.6) is 0 Å². The molecule has 1 aliphatic rings. The molecule has 0 amide bonds. The van der Waals surface area contributed by atoms with E-state index < -0.39 is 5.79 Å². The van der Waals surface area contributed by atoms with Gasteiger partial charge in [0.2, 0.25) is 0 Å². The second-order valence-electron chi connectivity index (χ2n) is 6.73. The second-order valence-corrected chi connectivity index (χ2v) is 6.73. The summed E-state index contributed by atoms with van der Waals surface area (Å²) < 4.78 is 18.1. The van der Waals surface area contributed by atoms with Gasteiger partial charge in [-0.25, -0.2) is 0 Å². The van der Waals surface area contributed by atoms with E-state index in [2.05, 4.69) is 36.4 Å². The molecule has 2 atom stereocenters. The molecule has 3 rings (SSSR count). The van der Waals surface area contributed by atoms with E-state index in [1.165, 1.54) is 11.1 Å². The standard InChI is InChI=1S/C21H26O3/c1-21(2)23-16-20(22-15-18-11-7-4-8-12-18)19(24-21)14-13-17-9-5-3-6-10-17/h3-12,19-20H,13-16H2,1-2H3. The first-order valence-electron chi connectivity index (χ1n) is 8.64. The number of hydrogen-bond acceptors (Lipinski definition) is 3. The zero-order valence-electron chi connectivity index (χ0n) is 14.5. The van der Waals surface area contributed by atoms with Crippen molar-refractivity contribution in [3.63, 3.8) is 0 Å². The normalized spacial score (nSPS) is 23.1. The van der Waals surface area contributed by atoms with Crippen molar-refractivity contribution in [3.8, 4) is 0 Å². The SMILES string of the molecule is CC1(C)OCC(OCc2ccccc2)C(CCc2ccccc2)O1. The lowest BCUT2D eigenvalue weighted by Gasteiger charge is -2.41. The van der Waals surface area contributed by atoms with Gasteiger partial charge in [-0.2, -0.15) is 0 Å². The van der Waals surface area contributed by atoms with Crippen molar-refractivity contribution >= 4 is 0 Å². The summed E-state index contributed by atoms with van der Waals surface area (Å²) in [5.74, 6) is -0.548. The van der Waals surface area contributed by atoms with E-state index in [0.717, 1.165) is 12.8 Å². The molecule has 2 unspecified atom stereocenters.